The van der Waals surface area contributed by atoms with Crippen LogP contribution in [-0.2, 0) is 6.61 Å². The maximum atomic E-state index is 6.05. The SMILES string of the molecule is CC[C@@H](N)c1ccccc1OCc1cc(C)on1. The van der Waals surface area contributed by atoms with Crippen molar-refractivity contribution in [1.29, 1.82) is 0 Å². The fraction of sp³-hybridized carbons (Fsp3) is 0.357. The van der Waals surface area contributed by atoms with E-state index in [9.17, 15) is 0 Å². The van der Waals surface area contributed by atoms with E-state index in [0.717, 1.165) is 29.2 Å². The molecule has 0 amide bonds. The van der Waals surface area contributed by atoms with Gasteiger partial charge in [-0.05, 0) is 19.4 Å². The zero-order valence-electron chi connectivity index (χ0n) is 10.7. The van der Waals surface area contributed by atoms with E-state index in [1.807, 2.05) is 37.3 Å². The van der Waals surface area contributed by atoms with Crippen LogP contribution in [0.3, 0.4) is 0 Å². The summed E-state index contributed by atoms with van der Waals surface area (Å²) in [6.45, 7) is 4.31. The maximum absolute atomic E-state index is 6.05. The Hall–Kier alpha value is -1.81. The molecule has 2 N–H and O–H groups in total. The Morgan fingerprint density at radius 1 is 1.39 bits per heavy atom. The van der Waals surface area contributed by atoms with Crippen molar-refractivity contribution in [3.05, 3.63) is 47.3 Å². The number of ether oxygens (including phenoxy) is 1. The van der Waals surface area contributed by atoms with Crippen molar-refractivity contribution < 1.29 is 9.26 Å². The van der Waals surface area contributed by atoms with Gasteiger partial charge in [0.2, 0.25) is 0 Å². The number of para-hydroxylation sites is 1. The number of hydrogen-bond donors (Lipinski definition) is 1. The van der Waals surface area contributed by atoms with Crippen LogP contribution in [0, 0.1) is 6.92 Å². The number of nitrogens with two attached hydrogens (primary N) is 1. The highest BCUT2D eigenvalue weighted by Crippen LogP contribution is 2.26. The second kappa shape index (κ2) is 5.69. The molecule has 18 heavy (non-hydrogen) atoms. The summed E-state index contributed by atoms with van der Waals surface area (Å²) in [4.78, 5) is 0. The Morgan fingerprint density at radius 3 is 2.83 bits per heavy atom. The van der Waals surface area contributed by atoms with E-state index in [4.69, 9.17) is 15.0 Å². The average molecular weight is 246 g/mol. The molecule has 0 aliphatic heterocycles. The highest BCUT2D eigenvalue weighted by Gasteiger charge is 2.10. The molecule has 96 valence electrons. The number of hydrogen-bond acceptors (Lipinski definition) is 4. The van der Waals surface area contributed by atoms with Crippen molar-refractivity contribution >= 4 is 0 Å². The van der Waals surface area contributed by atoms with Gasteiger partial charge in [0.1, 0.15) is 23.8 Å². The van der Waals surface area contributed by atoms with E-state index in [0.29, 0.717) is 6.61 Å². The van der Waals surface area contributed by atoms with Crippen LogP contribution < -0.4 is 10.5 Å². The van der Waals surface area contributed by atoms with Gasteiger partial charge >= 0.3 is 0 Å². The third-order valence-corrected chi connectivity index (χ3v) is 2.81. The molecule has 4 heteroatoms. The summed E-state index contributed by atoms with van der Waals surface area (Å²) in [5.74, 6) is 1.60. The van der Waals surface area contributed by atoms with Crippen molar-refractivity contribution in [3.63, 3.8) is 0 Å². The first-order valence-electron chi connectivity index (χ1n) is 6.10. The van der Waals surface area contributed by atoms with Crippen LogP contribution in [0.15, 0.2) is 34.9 Å². The van der Waals surface area contributed by atoms with Crippen LogP contribution in [0.25, 0.3) is 0 Å². The van der Waals surface area contributed by atoms with E-state index < -0.39 is 0 Å². The number of aryl methyl sites for hydroxylation is 1. The lowest BCUT2D eigenvalue weighted by Gasteiger charge is -2.14. The molecule has 0 spiro atoms. The zero-order valence-corrected chi connectivity index (χ0v) is 10.7. The summed E-state index contributed by atoms with van der Waals surface area (Å²) in [6, 6.07) is 9.70. The van der Waals surface area contributed by atoms with Gasteiger partial charge in [0.05, 0.1) is 0 Å². The molecular weight excluding hydrogens is 228 g/mol. The molecule has 0 radical (unpaired) electrons. The van der Waals surface area contributed by atoms with Crippen molar-refractivity contribution in [3.8, 4) is 5.75 Å². The molecule has 4 nitrogen and oxygen atoms in total. The quantitative estimate of drug-likeness (QED) is 0.881. The minimum atomic E-state index is 0.000227. The Kier molecular flexibility index (Phi) is 3.99. The van der Waals surface area contributed by atoms with E-state index in [-0.39, 0.29) is 6.04 Å². The van der Waals surface area contributed by atoms with Crippen LogP contribution in [0.4, 0.5) is 0 Å². The van der Waals surface area contributed by atoms with E-state index in [1.54, 1.807) is 0 Å². The Labute approximate surface area is 107 Å². The monoisotopic (exact) mass is 246 g/mol. The number of nitrogens with zero attached hydrogens (tertiary/aromatic N) is 1. The summed E-state index contributed by atoms with van der Waals surface area (Å²) in [5, 5.41) is 3.89. The Morgan fingerprint density at radius 2 is 2.17 bits per heavy atom. The van der Waals surface area contributed by atoms with Gasteiger partial charge in [0.25, 0.3) is 0 Å². The van der Waals surface area contributed by atoms with Crippen molar-refractivity contribution in [1.82, 2.24) is 5.16 Å². The van der Waals surface area contributed by atoms with Crippen LogP contribution in [0.1, 0.15) is 36.4 Å². The second-order valence-corrected chi connectivity index (χ2v) is 4.27. The van der Waals surface area contributed by atoms with Gasteiger partial charge in [-0.3, -0.25) is 0 Å². The van der Waals surface area contributed by atoms with Crippen molar-refractivity contribution in [2.75, 3.05) is 0 Å². The van der Waals surface area contributed by atoms with Gasteiger partial charge in [-0.2, -0.15) is 0 Å². The topological polar surface area (TPSA) is 61.3 Å². The molecular formula is C14H18N2O2. The summed E-state index contributed by atoms with van der Waals surface area (Å²) >= 11 is 0. The molecule has 1 heterocycles. The lowest BCUT2D eigenvalue weighted by molar-refractivity contribution is 0.283. The lowest BCUT2D eigenvalue weighted by atomic mass is 10.0. The number of rotatable bonds is 5. The Bertz CT molecular complexity index is 508. The molecule has 1 aromatic heterocycles. The van der Waals surface area contributed by atoms with Crippen LogP contribution in [-0.4, -0.2) is 5.16 Å². The van der Waals surface area contributed by atoms with E-state index in [2.05, 4.69) is 12.1 Å². The molecule has 0 aliphatic carbocycles. The summed E-state index contributed by atoms with van der Waals surface area (Å²) in [7, 11) is 0. The fourth-order valence-corrected chi connectivity index (χ4v) is 1.78. The van der Waals surface area contributed by atoms with Gasteiger partial charge in [-0.15, -0.1) is 0 Å². The molecule has 0 bridgehead atoms. The first-order chi connectivity index (χ1) is 8.70. The minimum Gasteiger partial charge on any atom is -0.487 e. The van der Waals surface area contributed by atoms with Crippen LogP contribution >= 0.6 is 0 Å². The van der Waals surface area contributed by atoms with Crippen LogP contribution in [0.2, 0.25) is 0 Å². The highest BCUT2D eigenvalue weighted by atomic mass is 16.5. The maximum Gasteiger partial charge on any atom is 0.134 e. The van der Waals surface area contributed by atoms with Gasteiger partial charge in [0, 0.05) is 17.7 Å². The minimum absolute atomic E-state index is 0.000227. The van der Waals surface area contributed by atoms with Gasteiger partial charge < -0.3 is 15.0 Å². The normalized spacial score (nSPS) is 12.4. The molecule has 0 saturated carbocycles. The average Bonchev–Trinajstić information content (AvgIpc) is 2.81. The van der Waals surface area contributed by atoms with Crippen molar-refractivity contribution in [2.24, 2.45) is 5.73 Å². The summed E-state index contributed by atoms with van der Waals surface area (Å²) in [6.07, 6.45) is 0.878. The van der Waals surface area contributed by atoms with E-state index >= 15 is 0 Å². The molecule has 2 aromatic rings. The number of benzene rings is 1. The largest absolute Gasteiger partial charge is 0.487 e. The molecule has 1 aromatic carbocycles. The molecule has 0 aliphatic rings. The van der Waals surface area contributed by atoms with Crippen molar-refractivity contribution in [2.45, 2.75) is 32.9 Å². The molecule has 1 atom stereocenters. The van der Waals surface area contributed by atoms with Gasteiger partial charge in [-0.25, -0.2) is 0 Å². The fourth-order valence-electron chi connectivity index (χ4n) is 1.78. The summed E-state index contributed by atoms with van der Waals surface area (Å²) < 4.78 is 10.8. The number of aromatic nitrogens is 1. The third kappa shape index (κ3) is 2.90. The van der Waals surface area contributed by atoms with Gasteiger partial charge in [-0.1, -0.05) is 30.3 Å². The summed E-state index contributed by atoms with van der Waals surface area (Å²) in [5.41, 5.74) is 7.87. The predicted octanol–water partition coefficient (Wildman–Crippen LogP) is 2.97. The van der Waals surface area contributed by atoms with E-state index in [1.165, 1.54) is 0 Å². The standard InChI is InChI=1S/C14H18N2O2/c1-3-13(15)12-6-4-5-7-14(12)17-9-11-8-10(2)18-16-11/h4-8,13H,3,9,15H2,1-2H3/t13-/m1/s1. The lowest BCUT2D eigenvalue weighted by Crippen LogP contribution is -2.10. The molecule has 0 saturated heterocycles. The first kappa shape index (κ1) is 12.6. The first-order valence-corrected chi connectivity index (χ1v) is 6.10. The predicted molar refractivity (Wildman–Crippen MR) is 69.2 cm³/mol. The Balaban J connectivity index is 2.09. The van der Waals surface area contributed by atoms with Crippen LogP contribution in [0.5, 0.6) is 5.75 Å². The van der Waals surface area contributed by atoms with Gasteiger partial charge in [0.15, 0.2) is 0 Å². The second-order valence-electron chi connectivity index (χ2n) is 4.27. The molecule has 0 fully saturated rings. The smallest absolute Gasteiger partial charge is 0.134 e. The molecule has 0 unspecified atom stereocenters. The third-order valence-electron chi connectivity index (χ3n) is 2.81. The highest BCUT2D eigenvalue weighted by molar-refractivity contribution is 5.35. The molecule has 2 rings (SSSR count). The zero-order chi connectivity index (χ0) is 13.0.